The van der Waals surface area contributed by atoms with E-state index in [0.717, 1.165) is 17.1 Å². The average Bonchev–Trinajstić information content (AvgIpc) is 2.40. The molecule has 0 radical (unpaired) electrons. The van der Waals surface area contributed by atoms with Gasteiger partial charge < -0.3 is 10.0 Å². The lowest BCUT2D eigenvalue weighted by Gasteiger charge is -2.17. The maximum absolute atomic E-state index is 9.07. The summed E-state index contributed by atoms with van der Waals surface area (Å²) in [5.74, 6) is 0.835. The largest absolute Gasteiger partial charge is 0.392 e. The molecule has 0 bridgehead atoms. The second-order valence-electron chi connectivity index (χ2n) is 3.86. The first-order chi connectivity index (χ1) is 8.29. The summed E-state index contributed by atoms with van der Waals surface area (Å²) in [7, 11) is 1.96. The Morgan fingerprint density at radius 1 is 1.18 bits per heavy atom. The van der Waals surface area contributed by atoms with Crippen LogP contribution in [0, 0.1) is 0 Å². The fourth-order valence-electron chi connectivity index (χ4n) is 1.58. The third-order valence-corrected chi connectivity index (χ3v) is 2.51. The summed E-state index contributed by atoms with van der Waals surface area (Å²) in [6, 6.07) is 9.52. The van der Waals surface area contributed by atoms with Crippen molar-refractivity contribution in [2.24, 2.45) is 0 Å². The topological polar surface area (TPSA) is 49.2 Å². The number of aliphatic hydroxyl groups excluding tert-OH is 1. The van der Waals surface area contributed by atoms with Crippen LogP contribution in [0.2, 0.25) is 0 Å². The summed E-state index contributed by atoms with van der Waals surface area (Å²) in [5, 5.41) is 9.07. The van der Waals surface area contributed by atoms with Crippen molar-refractivity contribution in [3.63, 3.8) is 0 Å². The molecule has 0 aliphatic carbocycles. The molecule has 0 unspecified atom stereocenters. The number of aliphatic hydroxyl groups is 1. The van der Waals surface area contributed by atoms with Crippen molar-refractivity contribution in [1.29, 1.82) is 0 Å². The van der Waals surface area contributed by atoms with Crippen LogP contribution >= 0.6 is 0 Å². The van der Waals surface area contributed by atoms with Crippen LogP contribution < -0.4 is 4.90 Å². The molecule has 0 saturated carbocycles. The maximum Gasteiger partial charge on any atom is 0.128 e. The molecule has 17 heavy (non-hydrogen) atoms. The molecule has 4 nitrogen and oxygen atoms in total. The number of anilines is 1. The van der Waals surface area contributed by atoms with Crippen molar-refractivity contribution < 1.29 is 5.11 Å². The van der Waals surface area contributed by atoms with E-state index in [1.807, 2.05) is 36.2 Å². The zero-order valence-electron chi connectivity index (χ0n) is 9.74. The Kier molecular flexibility index (Phi) is 3.67. The lowest BCUT2D eigenvalue weighted by molar-refractivity contribution is 0.281. The minimum absolute atomic E-state index is 0.0347. The van der Waals surface area contributed by atoms with Crippen LogP contribution in [0.3, 0.4) is 0 Å². The summed E-state index contributed by atoms with van der Waals surface area (Å²) in [4.78, 5) is 10.5. The first-order valence-corrected chi connectivity index (χ1v) is 5.46. The van der Waals surface area contributed by atoms with E-state index < -0.39 is 0 Å². The lowest BCUT2D eigenvalue weighted by atomic mass is 10.2. The number of pyridine rings is 2. The first-order valence-electron chi connectivity index (χ1n) is 5.46. The predicted octanol–water partition coefficient (Wildman–Crippen LogP) is 1.61. The van der Waals surface area contributed by atoms with E-state index in [0.29, 0.717) is 6.54 Å². The zero-order valence-corrected chi connectivity index (χ0v) is 9.74. The highest BCUT2D eigenvalue weighted by Gasteiger charge is 2.04. The van der Waals surface area contributed by atoms with Crippen molar-refractivity contribution in [2.45, 2.75) is 13.2 Å². The molecule has 2 heterocycles. The molecule has 0 spiro atoms. The normalized spacial score (nSPS) is 10.2. The van der Waals surface area contributed by atoms with Crippen LogP contribution in [0.25, 0.3) is 0 Å². The number of hydrogen-bond donors (Lipinski definition) is 1. The van der Waals surface area contributed by atoms with Gasteiger partial charge in [-0.15, -0.1) is 0 Å². The average molecular weight is 229 g/mol. The van der Waals surface area contributed by atoms with Gasteiger partial charge in [0.1, 0.15) is 5.82 Å². The second kappa shape index (κ2) is 5.41. The molecular formula is C13H15N3O. The van der Waals surface area contributed by atoms with Crippen LogP contribution in [0.5, 0.6) is 0 Å². The van der Waals surface area contributed by atoms with Gasteiger partial charge in [-0.25, -0.2) is 4.98 Å². The Morgan fingerprint density at radius 2 is 2.06 bits per heavy atom. The fraction of sp³-hybridized carbons (Fsp3) is 0.231. The van der Waals surface area contributed by atoms with Gasteiger partial charge in [-0.05, 0) is 29.8 Å². The van der Waals surface area contributed by atoms with Crippen LogP contribution in [0.15, 0.2) is 42.7 Å². The molecule has 0 fully saturated rings. The third-order valence-electron chi connectivity index (χ3n) is 2.51. The minimum atomic E-state index is 0.0347. The Labute approximate surface area is 101 Å². The zero-order chi connectivity index (χ0) is 12.1. The van der Waals surface area contributed by atoms with Gasteiger partial charge in [0.2, 0.25) is 0 Å². The molecule has 88 valence electrons. The molecule has 4 heteroatoms. The molecule has 0 aromatic carbocycles. The molecule has 0 aliphatic heterocycles. The van der Waals surface area contributed by atoms with Crippen LogP contribution in [0.4, 0.5) is 5.82 Å². The second-order valence-corrected chi connectivity index (χ2v) is 3.86. The van der Waals surface area contributed by atoms with E-state index in [9.17, 15) is 0 Å². The highest BCUT2D eigenvalue weighted by molar-refractivity contribution is 5.40. The lowest BCUT2D eigenvalue weighted by Crippen LogP contribution is -2.18. The van der Waals surface area contributed by atoms with Crippen molar-refractivity contribution in [1.82, 2.24) is 9.97 Å². The van der Waals surface area contributed by atoms with E-state index in [-0.39, 0.29) is 6.61 Å². The van der Waals surface area contributed by atoms with Gasteiger partial charge in [0, 0.05) is 19.4 Å². The molecule has 0 saturated heterocycles. The first kappa shape index (κ1) is 11.5. The summed E-state index contributed by atoms with van der Waals surface area (Å²) < 4.78 is 0. The maximum atomic E-state index is 9.07. The van der Waals surface area contributed by atoms with Gasteiger partial charge in [0.25, 0.3) is 0 Å². The molecule has 1 N–H and O–H groups in total. The fourth-order valence-corrected chi connectivity index (χ4v) is 1.58. The Hall–Kier alpha value is -1.94. The Morgan fingerprint density at radius 3 is 2.76 bits per heavy atom. The SMILES string of the molecule is CN(Cc1ccccn1)c1cc(CO)ccn1. The van der Waals surface area contributed by atoms with Gasteiger partial charge in [0.05, 0.1) is 18.8 Å². The predicted molar refractivity (Wildman–Crippen MR) is 66.5 cm³/mol. The number of rotatable bonds is 4. The Balaban J connectivity index is 2.11. The molecule has 2 rings (SSSR count). The number of hydrogen-bond acceptors (Lipinski definition) is 4. The standard InChI is InChI=1S/C13H15N3O/c1-16(9-12-4-2-3-6-14-12)13-8-11(10-17)5-7-15-13/h2-8,17H,9-10H2,1H3. The Bertz CT molecular complexity index is 473. The summed E-state index contributed by atoms with van der Waals surface area (Å²) in [6.45, 7) is 0.732. The summed E-state index contributed by atoms with van der Waals surface area (Å²) in [5.41, 5.74) is 1.86. The number of nitrogens with zero attached hydrogens (tertiary/aromatic N) is 3. The van der Waals surface area contributed by atoms with E-state index in [2.05, 4.69) is 9.97 Å². The van der Waals surface area contributed by atoms with Crippen LogP contribution in [-0.2, 0) is 13.2 Å². The number of aromatic nitrogens is 2. The molecule has 2 aromatic rings. The van der Waals surface area contributed by atoms with E-state index in [1.165, 1.54) is 0 Å². The van der Waals surface area contributed by atoms with Gasteiger partial charge >= 0.3 is 0 Å². The van der Waals surface area contributed by atoms with E-state index >= 15 is 0 Å². The molecule has 0 aliphatic rings. The quantitative estimate of drug-likeness (QED) is 0.865. The minimum Gasteiger partial charge on any atom is -0.392 e. The smallest absolute Gasteiger partial charge is 0.128 e. The van der Waals surface area contributed by atoms with Crippen molar-refractivity contribution in [3.8, 4) is 0 Å². The van der Waals surface area contributed by atoms with E-state index in [4.69, 9.17) is 5.11 Å². The molecule has 0 atom stereocenters. The van der Waals surface area contributed by atoms with Gasteiger partial charge in [-0.3, -0.25) is 4.98 Å². The van der Waals surface area contributed by atoms with Crippen molar-refractivity contribution >= 4 is 5.82 Å². The highest BCUT2D eigenvalue weighted by Crippen LogP contribution is 2.13. The van der Waals surface area contributed by atoms with Crippen LogP contribution in [0.1, 0.15) is 11.3 Å². The summed E-state index contributed by atoms with van der Waals surface area (Å²) in [6.07, 6.45) is 3.48. The molecule has 0 amide bonds. The van der Waals surface area contributed by atoms with Crippen LogP contribution in [-0.4, -0.2) is 22.1 Å². The van der Waals surface area contributed by atoms with Gasteiger partial charge in [0.15, 0.2) is 0 Å². The van der Waals surface area contributed by atoms with Gasteiger partial charge in [-0.2, -0.15) is 0 Å². The highest BCUT2D eigenvalue weighted by atomic mass is 16.3. The molecule has 2 aromatic heterocycles. The van der Waals surface area contributed by atoms with Gasteiger partial charge in [-0.1, -0.05) is 6.07 Å². The monoisotopic (exact) mass is 229 g/mol. The van der Waals surface area contributed by atoms with Crippen molar-refractivity contribution in [2.75, 3.05) is 11.9 Å². The van der Waals surface area contributed by atoms with Crippen molar-refractivity contribution in [3.05, 3.63) is 54.0 Å². The third kappa shape index (κ3) is 3.01. The van der Waals surface area contributed by atoms with E-state index in [1.54, 1.807) is 18.5 Å². The summed E-state index contributed by atoms with van der Waals surface area (Å²) >= 11 is 0. The molecular weight excluding hydrogens is 214 g/mol.